The van der Waals surface area contributed by atoms with E-state index in [0.717, 1.165) is 0 Å². The van der Waals surface area contributed by atoms with E-state index >= 15 is 0 Å². The van der Waals surface area contributed by atoms with Crippen molar-refractivity contribution < 1.29 is 13.9 Å². The molecule has 0 saturated carbocycles. The summed E-state index contributed by atoms with van der Waals surface area (Å²) in [6.45, 7) is 5.79. The van der Waals surface area contributed by atoms with E-state index in [1.54, 1.807) is 19.9 Å². The summed E-state index contributed by atoms with van der Waals surface area (Å²) in [6.07, 6.45) is 0. The predicted octanol–water partition coefficient (Wildman–Crippen LogP) is 3.28. The maximum absolute atomic E-state index is 13.1. The van der Waals surface area contributed by atoms with Gasteiger partial charge in [-0.2, -0.15) is 9.97 Å². The number of nitrogens with one attached hydrogen (secondary N) is 2. The summed E-state index contributed by atoms with van der Waals surface area (Å²) in [5.41, 5.74) is 2.03. The predicted molar refractivity (Wildman–Crippen MR) is 81.7 cm³/mol. The summed E-state index contributed by atoms with van der Waals surface area (Å²) in [7, 11) is 0. The van der Waals surface area contributed by atoms with Crippen LogP contribution in [0.4, 0.5) is 20.6 Å². The number of benzene rings is 1. The first-order chi connectivity index (χ1) is 10.5. The van der Waals surface area contributed by atoms with Crippen molar-refractivity contribution in [2.45, 2.75) is 20.8 Å². The molecule has 2 N–H and O–H groups in total. The van der Waals surface area contributed by atoms with Crippen molar-refractivity contribution in [1.29, 1.82) is 0 Å². The topological polar surface area (TPSA) is 76.1 Å². The van der Waals surface area contributed by atoms with Crippen LogP contribution in [-0.4, -0.2) is 22.6 Å². The molecular formula is C15H17FN4O2. The van der Waals surface area contributed by atoms with Crippen molar-refractivity contribution in [2.75, 3.05) is 17.2 Å². The summed E-state index contributed by atoms with van der Waals surface area (Å²) in [5.74, 6) is -0.422. The van der Waals surface area contributed by atoms with Gasteiger partial charge in [-0.05, 0) is 39.0 Å². The first kappa shape index (κ1) is 15.7. The van der Waals surface area contributed by atoms with Gasteiger partial charge in [0.1, 0.15) is 5.82 Å². The largest absolute Gasteiger partial charge is 0.464 e. The van der Waals surface area contributed by atoms with E-state index in [2.05, 4.69) is 20.6 Å². The molecule has 0 aliphatic rings. The van der Waals surface area contributed by atoms with Crippen LogP contribution in [0.2, 0.25) is 0 Å². The standard InChI is InChI=1S/C15H17FN4O2/c1-4-22-15-17-9(2)13(10(3)18-15)20-14(21)19-12-7-5-6-11(16)8-12/h5-8H,4H2,1-3H3,(H2,19,20,21). The number of hydrogen-bond donors (Lipinski definition) is 2. The van der Waals surface area contributed by atoms with Gasteiger partial charge in [0.05, 0.1) is 23.7 Å². The van der Waals surface area contributed by atoms with Gasteiger partial charge >= 0.3 is 12.0 Å². The van der Waals surface area contributed by atoms with Crippen molar-refractivity contribution >= 4 is 17.4 Å². The number of nitrogens with zero attached hydrogens (tertiary/aromatic N) is 2. The number of urea groups is 1. The van der Waals surface area contributed by atoms with E-state index in [9.17, 15) is 9.18 Å². The molecule has 0 unspecified atom stereocenters. The van der Waals surface area contributed by atoms with Crippen molar-refractivity contribution in [1.82, 2.24) is 9.97 Å². The molecule has 0 spiro atoms. The van der Waals surface area contributed by atoms with E-state index < -0.39 is 11.8 Å². The van der Waals surface area contributed by atoms with Gasteiger partial charge in [0, 0.05) is 5.69 Å². The Hall–Kier alpha value is -2.70. The monoisotopic (exact) mass is 304 g/mol. The second-order valence-corrected chi connectivity index (χ2v) is 4.57. The lowest BCUT2D eigenvalue weighted by Crippen LogP contribution is -2.21. The Kier molecular flexibility index (Phi) is 4.88. The summed E-state index contributed by atoms with van der Waals surface area (Å²) < 4.78 is 18.3. The maximum Gasteiger partial charge on any atom is 0.323 e. The van der Waals surface area contributed by atoms with Crippen molar-refractivity contribution in [3.63, 3.8) is 0 Å². The molecule has 1 heterocycles. The highest BCUT2D eigenvalue weighted by atomic mass is 19.1. The van der Waals surface area contributed by atoms with Gasteiger partial charge in [0.2, 0.25) is 0 Å². The number of ether oxygens (including phenoxy) is 1. The molecule has 2 rings (SSSR count). The highest BCUT2D eigenvalue weighted by Crippen LogP contribution is 2.20. The summed E-state index contributed by atoms with van der Waals surface area (Å²) in [5, 5.41) is 5.21. The Morgan fingerprint density at radius 2 is 1.91 bits per heavy atom. The zero-order chi connectivity index (χ0) is 16.1. The lowest BCUT2D eigenvalue weighted by atomic mass is 10.3. The van der Waals surface area contributed by atoms with Crippen LogP contribution in [0.15, 0.2) is 24.3 Å². The van der Waals surface area contributed by atoms with Crippen LogP contribution in [0.5, 0.6) is 6.01 Å². The molecule has 0 aliphatic heterocycles. The minimum Gasteiger partial charge on any atom is -0.464 e. The second kappa shape index (κ2) is 6.84. The average molecular weight is 304 g/mol. The number of hydrogen-bond acceptors (Lipinski definition) is 4. The molecule has 0 bridgehead atoms. The Balaban J connectivity index is 2.11. The molecule has 0 aliphatic carbocycles. The van der Waals surface area contributed by atoms with Crippen molar-refractivity contribution in [2.24, 2.45) is 0 Å². The zero-order valence-corrected chi connectivity index (χ0v) is 12.6. The van der Waals surface area contributed by atoms with Crippen LogP contribution in [0, 0.1) is 19.7 Å². The number of anilines is 2. The maximum atomic E-state index is 13.1. The van der Waals surface area contributed by atoms with Crippen molar-refractivity contribution in [3.8, 4) is 6.01 Å². The molecule has 6 nitrogen and oxygen atoms in total. The van der Waals surface area contributed by atoms with E-state index in [4.69, 9.17) is 4.74 Å². The Bertz CT molecular complexity index is 668. The lowest BCUT2D eigenvalue weighted by molar-refractivity contribution is 0.262. The Morgan fingerprint density at radius 3 is 2.50 bits per heavy atom. The minimum atomic E-state index is -0.496. The zero-order valence-electron chi connectivity index (χ0n) is 12.6. The number of halogens is 1. The quantitative estimate of drug-likeness (QED) is 0.909. The van der Waals surface area contributed by atoms with Crippen LogP contribution in [0.3, 0.4) is 0 Å². The molecule has 0 fully saturated rings. The number of rotatable bonds is 4. The van der Waals surface area contributed by atoms with Crippen molar-refractivity contribution in [3.05, 3.63) is 41.5 Å². The third-order valence-corrected chi connectivity index (χ3v) is 2.84. The molecule has 116 valence electrons. The van der Waals surface area contributed by atoms with Crippen LogP contribution in [-0.2, 0) is 0 Å². The number of aryl methyl sites for hydroxylation is 2. The fourth-order valence-corrected chi connectivity index (χ4v) is 1.90. The minimum absolute atomic E-state index is 0.272. The summed E-state index contributed by atoms with van der Waals surface area (Å²) >= 11 is 0. The van der Waals surface area contributed by atoms with Gasteiger partial charge in [-0.25, -0.2) is 9.18 Å². The molecule has 2 aromatic rings. The second-order valence-electron chi connectivity index (χ2n) is 4.57. The molecule has 22 heavy (non-hydrogen) atoms. The number of carbonyl (C=O) groups excluding carboxylic acids is 1. The van der Waals surface area contributed by atoms with Gasteiger partial charge < -0.3 is 15.4 Å². The third kappa shape index (κ3) is 3.91. The van der Waals surface area contributed by atoms with Crippen LogP contribution < -0.4 is 15.4 Å². The van der Waals surface area contributed by atoms with E-state index in [-0.39, 0.29) is 6.01 Å². The first-order valence-corrected chi connectivity index (χ1v) is 6.81. The van der Waals surface area contributed by atoms with Gasteiger partial charge in [-0.3, -0.25) is 0 Å². The van der Waals surface area contributed by atoms with Gasteiger partial charge in [0.15, 0.2) is 0 Å². The lowest BCUT2D eigenvalue weighted by Gasteiger charge is -2.12. The molecule has 7 heteroatoms. The molecule has 1 aromatic carbocycles. The fraction of sp³-hybridized carbons (Fsp3) is 0.267. The Labute approximate surface area is 127 Å². The molecule has 0 saturated heterocycles. The highest BCUT2D eigenvalue weighted by Gasteiger charge is 2.12. The molecule has 1 aromatic heterocycles. The first-order valence-electron chi connectivity index (χ1n) is 6.81. The fourth-order valence-electron chi connectivity index (χ4n) is 1.90. The summed E-state index contributed by atoms with van der Waals surface area (Å²) in [6, 6.07) is 5.42. The summed E-state index contributed by atoms with van der Waals surface area (Å²) in [4.78, 5) is 20.3. The van der Waals surface area contributed by atoms with Crippen LogP contribution in [0.25, 0.3) is 0 Å². The number of carbonyl (C=O) groups is 1. The van der Waals surface area contributed by atoms with Crippen LogP contribution in [0.1, 0.15) is 18.3 Å². The number of aromatic nitrogens is 2. The van der Waals surface area contributed by atoms with E-state index in [1.807, 2.05) is 6.92 Å². The molecular weight excluding hydrogens is 287 g/mol. The highest BCUT2D eigenvalue weighted by molar-refractivity contribution is 6.00. The van der Waals surface area contributed by atoms with Gasteiger partial charge in [0.25, 0.3) is 0 Å². The van der Waals surface area contributed by atoms with Gasteiger partial charge in [-0.15, -0.1) is 0 Å². The average Bonchev–Trinajstić information content (AvgIpc) is 2.43. The van der Waals surface area contributed by atoms with E-state index in [1.165, 1.54) is 18.2 Å². The SMILES string of the molecule is CCOc1nc(C)c(NC(=O)Nc2cccc(F)c2)c(C)n1. The normalized spacial score (nSPS) is 10.2. The molecule has 0 radical (unpaired) electrons. The van der Waals surface area contributed by atoms with Gasteiger partial charge in [-0.1, -0.05) is 6.07 Å². The smallest absolute Gasteiger partial charge is 0.323 e. The molecule has 2 amide bonds. The Morgan fingerprint density at radius 1 is 1.23 bits per heavy atom. The van der Waals surface area contributed by atoms with E-state index in [0.29, 0.717) is 29.4 Å². The van der Waals surface area contributed by atoms with Crippen LogP contribution >= 0.6 is 0 Å². The molecule has 0 atom stereocenters. The number of amides is 2. The third-order valence-electron chi connectivity index (χ3n) is 2.84.